The molecule has 1 fully saturated rings. The predicted octanol–water partition coefficient (Wildman–Crippen LogP) is 3.18. The first-order valence-corrected chi connectivity index (χ1v) is 7.15. The summed E-state index contributed by atoms with van der Waals surface area (Å²) in [6, 6.07) is 11.2. The van der Waals surface area contributed by atoms with Crippen LogP contribution in [-0.2, 0) is 0 Å². The van der Waals surface area contributed by atoms with Crippen molar-refractivity contribution in [1.29, 1.82) is 0 Å². The third-order valence-corrected chi connectivity index (χ3v) is 3.98. The Morgan fingerprint density at radius 1 is 1.37 bits per heavy atom. The molecule has 0 saturated carbocycles. The van der Waals surface area contributed by atoms with E-state index in [0.29, 0.717) is 6.04 Å². The van der Waals surface area contributed by atoms with Gasteiger partial charge in [0.2, 0.25) is 0 Å². The Bertz CT molecular complexity index is 515. The van der Waals surface area contributed by atoms with Crippen LogP contribution in [0.15, 0.2) is 34.7 Å². The van der Waals surface area contributed by atoms with Crippen LogP contribution in [-0.4, -0.2) is 31.1 Å². The molecule has 19 heavy (non-hydrogen) atoms. The largest absolute Gasteiger partial charge is 0.459 e. The molecule has 3 nitrogen and oxygen atoms in total. The van der Waals surface area contributed by atoms with E-state index >= 15 is 0 Å². The number of nitrogens with one attached hydrogen (secondary N) is 1. The highest BCUT2D eigenvalue weighted by molar-refractivity contribution is 5.77. The smallest absolute Gasteiger partial charge is 0.134 e. The third kappa shape index (κ3) is 2.82. The number of piperidine rings is 1. The van der Waals surface area contributed by atoms with Gasteiger partial charge in [-0.3, -0.25) is 0 Å². The van der Waals surface area contributed by atoms with Gasteiger partial charge in [-0.2, -0.15) is 0 Å². The number of nitrogens with zero attached hydrogens (tertiary/aromatic N) is 1. The highest BCUT2D eigenvalue weighted by atomic mass is 16.3. The fourth-order valence-electron chi connectivity index (χ4n) is 2.95. The fourth-order valence-corrected chi connectivity index (χ4v) is 2.95. The zero-order valence-electron chi connectivity index (χ0n) is 11.7. The molecule has 1 aromatic heterocycles. The minimum atomic E-state index is 0.268. The van der Waals surface area contributed by atoms with E-state index in [4.69, 9.17) is 4.42 Å². The summed E-state index contributed by atoms with van der Waals surface area (Å²) in [5.41, 5.74) is 0.979. The molecule has 1 aromatic carbocycles. The second kappa shape index (κ2) is 5.35. The highest BCUT2D eigenvalue weighted by Gasteiger charge is 2.20. The molecule has 2 heterocycles. The van der Waals surface area contributed by atoms with Crippen molar-refractivity contribution < 1.29 is 4.42 Å². The number of furan rings is 1. The van der Waals surface area contributed by atoms with E-state index in [2.05, 4.69) is 42.4 Å². The zero-order valence-corrected chi connectivity index (χ0v) is 11.7. The van der Waals surface area contributed by atoms with Crippen molar-refractivity contribution in [2.75, 3.05) is 20.1 Å². The third-order valence-electron chi connectivity index (χ3n) is 3.98. The Hall–Kier alpha value is -1.32. The molecule has 1 aliphatic heterocycles. The van der Waals surface area contributed by atoms with Gasteiger partial charge < -0.3 is 14.6 Å². The van der Waals surface area contributed by atoms with Crippen LogP contribution in [0.2, 0.25) is 0 Å². The van der Waals surface area contributed by atoms with Gasteiger partial charge in [0, 0.05) is 18.0 Å². The van der Waals surface area contributed by atoms with Crippen molar-refractivity contribution in [3.05, 3.63) is 36.1 Å². The molecule has 1 saturated heterocycles. The molecule has 2 atom stereocenters. The molecule has 0 amide bonds. The molecule has 0 radical (unpaired) electrons. The minimum Gasteiger partial charge on any atom is -0.459 e. The van der Waals surface area contributed by atoms with Crippen LogP contribution >= 0.6 is 0 Å². The first-order valence-electron chi connectivity index (χ1n) is 7.15. The van der Waals surface area contributed by atoms with Gasteiger partial charge in [0.25, 0.3) is 0 Å². The molecule has 1 aliphatic rings. The molecular formula is C16H22N2O. The molecule has 2 aromatic rings. The lowest BCUT2D eigenvalue weighted by Gasteiger charge is -2.31. The number of fused-ring (bicyclic) bond motifs is 1. The minimum absolute atomic E-state index is 0.268. The fraction of sp³-hybridized carbons (Fsp3) is 0.500. The lowest BCUT2D eigenvalue weighted by Crippen LogP contribution is -2.44. The summed E-state index contributed by atoms with van der Waals surface area (Å²) in [4.78, 5) is 2.40. The SMILES string of the molecule is CC(NC1CCCN(C)C1)c1cc2ccccc2o1. The van der Waals surface area contributed by atoms with Crippen molar-refractivity contribution in [3.8, 4) is 0 Å². The molecule has 102 valence electrons. The molecule has 0 aliphatic carbocycles. The van der Waals surface area contributed by atoms with Gasteiger partial charge in [-0.25, -0.2) is 0 Å². The maximum absolute atomic E-state index is 5.92. The Kier molecular flexibility index (Phi) is 3.58. The number of likely N-dealkylation sites (tertiary alicyclic amines) is 1. The summed E-state index contributed by atoms with van der Waals surface area (Å²) in [7, 11) is 2.19. The van der Waals surface area contributed by atoms with Crippen molar-refractivity contribution in [3.63, 3.8) is 0 Å². The summed E-state index contributed by atoms with van der Waals surface area (Å²) < 4.78 is 5.92. The lowest BCUT2D eigenvalue weighted by molar-refractivity contribution is 0.214. The Labute approximate surface area is 114 Å². The molecular weight excluding hydrogens is 236 g/mol. The van der Waals surface area contributed by atoms with E-state index in [0.717, 1.165) is 17.9 Å². The second-order valence-electron chi connectivity index (χ2n) is 5.68. The van der Waals surface area contributed by atoms with E-state index in [1.807, 2.05) is 12.1 Å². The number of likely N-dealkylation sites (N-methyl/N-ethyl adjacent to an activating group) is 1. The van der Waals surface area contributed by atoms with Crippen LogP contribution in [0.4, 0.5) is 0 Å². The van der Waals surface area contributed by atoms with Crippen LogP contribution in [0.25, 0.3) is 11.0 Å². The molecule has 0 bridgehead atoms. The summed E-state index contributed by atoms with van der Waals surface area (Å²) in [5, 5.41) is 4.88. The number of hydrogen-bond donors (Lipinski definition) is 1. The van der Waals surface area contributed by atoms with E-state index in [9.17, 15) is 0 Å². The summed E-state index contributed by atoms with van der Waals surface area (Å²) >= 11 is 0. The van der Waals surface area contributed by atoms with Crippen LogP contribution in [0.1, 0.15) is 31.6 Å². The Morgan fingerprint density at radius 2 is 2.21 bits per heavy atom. The quantitative estimate of drug-likeness (QED) is 0.916. The first-order chi connectivity index (χ1) is 9.22. The van der Waals surface area contributed by atoms with Crippen LogP contribution in [0.3, 0.4) is 0 Å². The molecule has 1 N–H and O–H groups in total. The van der Waals surface area contributed by atoms with Crippen LogP contribution in [0.5, 0.6) is 0 Å². The Balaban J connectivity index is 1.70. The average Bonchev–Trinajstić information content (AvgIpc) is 2.82. The Morgan fingerprint density at radius 3 is 3.00 bits per heavy atom. The molecule has 0 spiro atoms. The van der Waals surface area contributed by atoms with Gasteiger partial charge in [-0.1, -0.05) is 18.2 Å². The van der Waals surface area contributed by atoms with E-state index < -0.39 is 0 Å². The molecule has 3 heteroatoms. The highest BCUT2D eigenvalue weighted by Crippen LogP contribution is 2.24. The summed E-state index contributed by atoms with van der Waals surface area (Å²) in [6.07, 6.45) is 2.54. The monoisotopic (exact) mass is 258 g/mol. The lowest BCUT2D eigenvalue weighted by atomic mass is 10.0. The van der Waals surface area contributed by atoms with Gasteiger partial charge in [-0.05, 0) is 45.5 Å². The zero-order chi connectivity index (χ0) is 13.2. The average molecular weight is 258 g/mol. The number of para-hydroxylation sites is 1. The normalized spacial score (nSPS) is 22.7. The van der Waals surface area contributed by atoms with Crippen molar-refractivity contribution in [2.24, 2.45) is 0 Å². The molecule has 3 rings (SSSR count). The number of rotatable bonds is 3. The van der Waals surface area contributed by atoms with Gasteiger partial charge >= 0.3 is 0 Å². The predicted molar refractivity (Wildman–Crippen MR) is 78.3 cm³/mol. The van der Waals surface area contributed by atoms with E-state index in [-0.39, 0.29) is 6.04 Å². The number of hydrogen-bond acceptors (Lipinski definition) is 3. The van der Waals surface area contributed by atoms with Crippen molar-refractivity contribution in [2.45, 2.75) is 31.8 Å². The van der Waals surface area contributed by atoms with Gasteiger partial charge in [0.05, 0.1) is 6.04 Å². The van der Waals surface area contributed by atoms with Gasteiger partial charge in [0.1, 0.15) is 11.3 Å². The maximum atomic E-state index is 5.92. The van der Waals surface area contributed by atoms with Gasteiger partial charge in [0.15, 0.2) is 0 Å². The van der Waals surface area contributed by atoms with E-state index in [1.54, 1.807) is 0 Å². The van der Waals surface area contributed by atoms with Crippen LogP contribution < -0.4 is 5.32 Å². The van der Waals surface area contributed by atoms with Gasteiger partial charge in [-0.15, -0.1) is 0 Å². The topological polar surface area (TPSA) is 28.4 Å². The van der Waals surface area contributed by atoms with E-state index in [1.165, 1.54) is 24.8 Å². The summed E-state index contributed by atoms with van der Waals surface area (Å²) in [6.45, 7) is 4.54. The first kappa shape index (κ1) is 12.7. The number of benzene rings is 1. The van der Waals surface area contributed by atoms with Crippen molar-refractivity contribution in [1.82, 2.24) is 10.2 Å². The second-order valence-corrected chi connectivity index (χ2v) is 5.68. The molecule has 2 unspecified atom stereocenters. The van der Waals surface area contributed by atoms with Crippen LogP contribution in [0, 0.1) is 0 Å². The standard InChI is InChI=1S/C16H22N2O/c1-12(17-14-7-5-9-18(2)11-14)16-10-13-6-3-4-8-15(13)19-16/h3-4,6,8,10,12,14,17H,5,7,9,11H2,1-2H3. The summed E-state index contributed by atoms with van der Waals surface area (Å²) in [5.74, 6) is 1.04. The maximum Gasteiger partial charge on any atom is 0.134 e. The van der Waals surface area contributed by atoms with Crippen molar-refractivity contribution >= 4 is 11.0 Å².